The van der Waals surface area contributed by atoms with Crippen LogP contribution in [0.1, 0.15) is 47.1 Å². The number of hydrogen-bond acceptors (Lipinski definition) is 3. The zero-order valence-corrected chi connectivity index (χ0v) is 15.3. The summed E-state index contributed by atoms with van der Waals surface area (Å²) in [5.74, 6) is 0.707. The molecule has 1 aliphatic heterocycles. The minimum Gasteiger partial charge on any atom is -0.497 e. The van der Waals surface area contributed by atoms with Crippen molar-refractivity contribution in [2.24, 2.45) is 0 Å². The Hall–Kier alpha value is -2.27. The first-order valence-corrected chi connectivity index (χ1v) is 8.68. The van der Waals surface area contributed by atoms with Gasteiger partial charge in [0.15, 0.2) is 0 Å². The number of ether oxygens (including phenoxy) is 1. The predicted molar refractivity (Wildman–Crippen MR) is 96.9 cm³/mol. The second-order valence-electron chi connectivity index (χ2n) is 7.04. The monoisotopic (exact) mass is 342 g/mol. The zero-order valence-electron chi connectivity index (χ0n) is 15.3. The van der Waals surface area contributed by atoms with Gasteiger partial charge in [-0.2, -0.15) is 0 Å². The molecule has 0 bridgehead atoms. The van der Waals surface area contributed by atoms with Crippen LogP contribution in [0.3, 0.4) is 0 Å². The van der Waals surface area contributed by atoms with Crippen molar-refractivity contribution in [3.63, 3.8) is 0 Å². The van der Waals surface area contributed by atoms with Crippen LogP contribution in [0.4, 0.5) is 0 Å². The van der Waals surface area contributed by atoms with E-state index in [0.29, 0.717) is 12.2 Å². The Balaban J connectivity index is 1.89. The molecule has 2 atom stereocenters. The number of nitrogens with zero attached hydrogens (tertiary/aromatic N) is 1. The fourth-order valence-electron chi connectivity index (χ4n) is 3.81. The highest BCUT2D eigenvalue weighted by Gasteiger charge is 2.43. The van der Waals surface area contributed by atoms with Crippen molar-refractivity contribution in [2.45, 2.75) is 45.3 Å². The quantitative estimate of drug-likeness (QED) is 0.897. The summed E-state index contributed by atoms with van der Waals surface area (Å²) in [4.78, 5) is 18.0. The van der Waals surface area contributed by atoms with Gasteiger partial charge >= 0.3 is 0 Å². The third-order valence-electron chi connectivity index (χ3n) is 5.20. The molecular weight excluding hydrogens is 316 g/mol. The van der Waals surface area contributed by atoms with Crippen molar-refractivity contribution in [3.8, 4) is 5.75 Å². The average Bonchev–Trinajstić information content (AvgIpc) is 3.21. The first-order chi connectivity index (χ1) is 11.8. The summed E-state index contributed by atoms with van der Waals surface area (Å²) in [5.41, 5.74) is 2.21. The van der Waals surface area contributed by atoms with E-state index in [4.69, 9.17) is 4.74 Å². The molecule has 2 N–H and O–H groups in total. The number of carbonyl (C=O) groups is 1. The van der Waals surface area contributed by atoms with Gasteiger partial charge in [0.25, 0.3) is 5.91 Å². The number of nitrogens with one attached hydrogen (secondary N) is 1. The number of rotatable bonds is 4. The van der Waals surface area contributed by atoms with Gasteiger partial charge in [-0.05, 0) is 62.9 Å². The van der Waals surface area contributed by atoms with Crippen LogP contribution in [0.25, 0.3) is 0 Å². The fraction of sp³-hybridized carbons (Fsp3) is 0.450. The van der Waals surface area contributed by atoms with E-state index >= 15 is 0 Å². The fourth-order valence-corrected chi connectivity index (χ4v) is 3.81. The number of H-pyrrole nitrogens is 1. The summed E-state index contributed by atoms with van der Waals surface area (Å²) in [6, 6.07) is 9.12. The molecule has 5 nitrogen and oxygen atoms in total. The van der Waals surface area contributed by atoms with Crippen molar-refractivity contribution in [3.05, 3.63) is 52.8 Å². The van der Waals surface area contributed by atoms with E-state index in [1.807, 2.05) is 49.1 Å². The molecule has 1 saturated heterocycles. The average molecular weight is 342 g/mol. The molecule has 0 spiro atoms. The number of aromatic amines is 1. The lowest BCUT2D eigenvalue weighted by Crippen LogP contribution is -2.48. The molecular formula is C20H26N2O3. The number of aryl methyl sites for hydroxylation is 2. The van der Waals surface area contributed by atoms with Gasteiger partial charge in [0.1, 0.15) is 17.0 Å². The third-order valence-corrected chi connectivity index (χ3v) is 5.20. The van der Waals surface area contributed by atoms with Crippen LogP contribution < -0.4 is 4.74 Å². The van der Waals surface area contributed by atoms with Gasteiger partial charge in [0.2, 0.25) is 0 Å². The van der Waals surface area contributed by atoms with Crippen molar-refractivity contribution in [1.29, 1.82) is 0 Å². The number of aromatic nitrogens is 1. The van der Waals surface area contributed by atoms with Crippen LogP contribution in [0.2, 0.25) is 0 Å². The van der Waals surface area contributed by atoms with Crippen molar-refractivity contribution in [2.75, 3.05) is 13.7 Å². The minimum absolute atomic E-state index is 0.0399. The Morgan fingerprint density at radius 2 is 2.00 bits per heavy atom. The smallest absolute Gasteiger partial charge is 0.270 e. The summed E-state index contributed by atoms with van der Waals surface area (Å²) in [6.45, 7) is 6.33. The van der Waals surface area contributed by atoms with Crippen LogP contribution in [-0.2, 0) is 5.60 Å². The van der Waals surface area contributed by atoms with Gasteiger partial charge in [-0.1, -0.05) is 12.1 Å². The summed E-state index contributed by atoms with van der Waals surface area (Å²) < 4.78 is 5.19. The van der Waals surface area contributed by atoms with E-state index in [1.165, 1.54) is 0 Å². The lowest BCUT2D eigenvalue weighted by atomic mass is 9.86. The second kappa shape index (κ2) is 6.56. The van der Waals surface area contributed by atoms with Crippen LogP contribution in [0, 0.1) is 13.8 Å². The summed E-state index contributed by atoms with van der Waals surface area (Å²) in [5, 5.41) is 11.2. The topological polar surface area (TPSA) is 65.6 Å². The molecule has 1 amide bonds. The number of amides is 1. The highest BCUT2D eigenvalue weighted by molar-refractivity contribution is 5.94. The van der Waals surface area contributed by atoms with Crippen LogP contribution in [0.5, 0.6) is 5.75 Å². The molecule has 0 saturated carbocycles. The third kappa shape index (κ3) is 3.16. The zero-order chi connectivity index (χ0) is 18.2. The summed E-state index contributed by atoms with van der Waals surface area (Å²) in [6.07, 6.45) is 1.67. The Bertz CT molecular complexity index is 762. The molecule has 1 aliphatic rings. The number of carbonyl (C=O) groups excluding carboxylic acids is 1. The molecule has 25 heavy (non-hydrogen) atoms. The molecule has 0 unspecified atom stereocenters. The van der Waals surface area contributed by atoms with E-state index in [9.17, 15) is 9.90 Å². The summed E-state index contributed by atoms with van der Waals surface area (Å²) >= 11 is 0. The maximum atomic E-state index is 13.0. The first kappa shape index (κ1) is 17.5. The predicted octanol–water partition coefficient (Wildman–Crippen LogP) is 3.15. The molecule has 1 aromatic heterocycles. The standard InChI is InChI=1S/C20H26N2O3/c1-13-12-14(2)21-18(13)19(23)22-11-5-6-17(22)20(3,24)15-7-9-16(25-4)10-8-15/h7-10,12,17,21,24H,5-6,11H2,1-4H3/t17-,20+/m1/s1. The van der Waals surface area contributed by atoms with Gasteiger partial charge in [-0.15, -0.1) is 0 Å². The normalized spacial score (nSPS) is 19.7. The maximum Gasteiger partial charge on any atom is 0.270 e. The largest absolute Gasteiger partial charge is 0.497 e. The summed E-state index contributed by atoms with van der Waals surface area (Å²) in [7, 11) is 1.62. The second-order valence-corrected chi connectivity index (χ2v) is 7.04. The van der Waals surface area contributed by atoms with Gasteiger partial charge in [0.05, 0.1) is 13.2 Å². The Morgan fingerprint density at radius 1 is 1.32 bits per heavy atom. The maximum absolute atomic E-state index is 13.0. The molecule has 1 aromatic carbocycles. The van der Waals surface area contributed by atoms with Crippen LogP contribution >= 0.6 is 0 Å². The molecule has 2 aromatic rings. The van der Waals surface area contributed by atoms with Crippen molar-refractivity contribution in [1.82, 2.24) is 9.88 Å². The number of hydrogen-bond donors (Lipinski definition) is 2. The number of methoxy groups -OCH3 is 1. The highest BCUT2D eigenvalue weighted by atomic mass is 16.5. The Labute approximate surface area is 148 Å². The number of likely N-dealkylation sites (tertiary alicyclic amines) is 1. The van der Waals surface area contributed by atoms with Crippen molar-refractivity contribution >= 4 is 5.91 Å². The molecule has 5 heteroatoms. The van der Waals surface area contributed by atoms with Gasteiger partial charge in [-0.3, -0.25) is 4.79 Å². The molecule has 2 heterocycles. The van der Waals surface area contributed by atoms with E-state index in [1.54, 1.807) is 14.0 Å². The molecule has 0 aliphatic carbocycles. The first-order valence-electron chi connectivity index (χ1n) is 8.68. The van der Waals surface area contributed by atoms with Gasteiger partial charge in [0, 0.05) is 12.2 Å². The highest BCUT2D eigenvalue weighted by Crippen LogP contribution is 2.36. The lowest BCUT2D eigenvalue weighted by molar-refractivity contribution is -0.0179. The molecule has 134 valence electrons. The molecule has 1 fully saturated rings. The van der Waals surface area contributed by atoms with Crippen LogP contribution in [-0.4, -0.2) is 40.6 Å². The van der Waals surface area contributed by atoms with Crippen molar-refractivity contribution < 1.29 is 14.6 Å². The number of aliphatic hydroxyl groups is 1. The Kier molecular flexibility index (Phi) is 4.60. The van der Waals surface area contributed by atoms with E-state index in [-0.39, 0.29) is 11.9 Å². The number of benzene rings is 1. The van der Waals surface area contributed by atoms with E-state index in [0.717, 1.165) is 35.4 Å². The van der Waals surface area contributed by atoms with E-state index in [2.05, 4.69) is 4.98 Å². The SMILES string of the molecule is COc1ccc([C@](C)(O)[C@H]2CCCN2C(=O)c2[nH]c(C)cc2C)cc1. The lowest BCUT2D eigenvalue weighted by Gasteiger charge is -2.37. The van der Waals surface area contributed by atoms with Gasteiger partial charge in [-0.25, -0.2) is 0 Å². The van der Waals surface area contributed by atoms with E-state index < -0.39 is 5.60 Å². The Morgan fingerprint density at radius 3 is 2.56 bits per heavy atom. The van der Waals surface area contributed by atoms with Crippen LogP contribution in [0.15, 0.2) is 30.3 Å². The molecule has 0 radical (unpaired) electrons. The molecule has 3 rings (SSSR count). The minimum atomic E-state index is -1.12. The van der Waals surface area contributed by atoms with Gasteiger partial charge < -0.3 is 19.7 Å².